The van der Waals surface area contributed by atoms with Gasteiger partial charge in [-0.3, -0.25) is 14.5 Å². The quantitative estimate of drug-likeness (QED) is 0.364. The highest BCUT2D eigenvalue weighted by molar-refractivity contribution is 7.71. The maximum absolute atomic E-state index is 12.0. The van der Waals surface area contributed by atoms with Crippen molar-refractivity contribution in [2.75, 3.05) is 19.8 Å². The molecule has 0 unspecified atom stereocenters. The van der Waals surface area contributed by atoms with Crippen molar-refractivity contribution in [3.8, 4) is 0 Å². The number of nitrogens with zero attached hydrogens (tertiary/aromatic N) is 2. The molecule has 0 aliphatic rings. The van der Waals surface area contributed by atoms with E-state index in [2.05, 4.69) is 29.4 Å². The van der Waals surface area contributed by atoms with Gasteiger partial charge in [-0.25, -0.2) is 0 Å². The van der Waals surface area contributed by atoms with E-state index in [1.54, 1.807) is 4.57 Å². The molecule has 0 spiro atoms. The van der Waals surface area contributed by atoms with E-state index >= 15 is 0 Å². The van der Waals surface area contributed by atoms with E-state index in [0.717, 1.165) is 38.1 Å². The summed E-state index contributed by atoms with van der Waals surface area (Å²) in [6.07, 6.45) is 10.3. The molecule has 1 aromatic rings. The number of nitrogens with one attached hydrogen (secondary N) is 2. The molecule has 1 aromatic heterocycles. The van der Waals surface area contributed by atoms with Gasteiger partial charge in [-0.2, -0.15) is 5.10 Å². The van der Waals surface area contributed by atoms with Crippen LogP contribution >= 0.6 is 12.2 Å². The highest BCUT2D eigenvalue weighted by Gasteiger charge is 2.09. The normalized spacial score (nSPS) is 11.0. The third kappa shape index (κ3) is 9.75. The lowest BCUT2D eigenvalue weighted by Crippen LogP contribution is -2.29. The van der Waals surface area contributed by atoms with E-state index in [-0.39, 0.29) is 12.5 Å². The van der Waals surface area contributed by atoms with Crippen LogP contribution in [0.1, 0.15) is 71.0 Å². The molecule has 1 amide bonds. The van der Waals surface area contributed by atoms with Gasteiger partial charge in [0.25, 0.3) is 0 Å². The van der Waals surface area contributed by atoms with Gasteiger partial charge in [0, 0.05) is 26.2 Å². The molecule has 0 fully saturated rings. The van der Waals surface area contributed by atoms with E-state index in [1.807, 2.05) is 0 Å². The van der Waals surface area contributed by atoms with Crippen LogP contribution < -0.4 is 5.32 Å². The fraction of sp³-hybridized carbons (Fsp3) is 0.833. The summed E-state index contributed by atoms with van der Waals surface area (Å²) in [6, 6.07) is 0. The number of hydrogen-bond donors (Lipinski definition) is 2. The first-order chi connectivity index (χ1) is 12.2. The average Bonchev–Trinajstić information content (AvgIpc) is 2.93. The molecule has 0 aromatic carbocycles. The Bertz CT molecular complexity index is 527. The van der Waals surface area contributed by atoms with Gasteiger partial charge in [0.15, 0.2) is 4.77 Å². The first kappa shape index (κ1) is 21.8. The van der Waals surface area contributed by atoms with Crippen LogP contribution in [0, 0.1) is 4.77 Å². The second-order valence-corrected chi connectivity index (χ2v) is 6.75. The first-order valence-electron chi connectivity index (χ1n) is 9.67. The van der Waals surface area contributed by atoms with Crippen molar-refractivity contribution in [2.24, 2.45) is 0 Å². The van der Waals surface area contributed by atoms with Crippen molar-refractivity contribution < 1.29 is 9.53 Å². The number of carbonyl (C=O) groups is 1. The molecule has 25 heavy (non-hydrogen) atoms. The fourth-order valence-electron chi connectivity index (χ4n) is 2.62. The smallest absolute Gasteiger partial charge is 0.240 e. The Hall–Kier alpha value is -1.21. The van der Waals surface area contributed by atoms with E-state index in [9.17, 15) is 4.79 Å². The summed E-state index contributed by atoms with van der Waals surface area (Å²) in [5.74, 6) is 0.802. The highest BCUT2D eigenvalue weighted by atomic mass is 32.1. The fourth-order valence-corrected chi connectivity index (χ4v) is 2.83. The Morgan fingerprint density at radius 2 is 1.84 bits per heavy atom. The summed E-state index contributed by atoms with van der Waals surface area (Å²) in [5.41, 5.74) is 0. The molecule has 2 N–H and O–H groups in total. The number of amides is 1. The van der Waals surface area contributed by atoms with Gasteiger partial charge in [0.2, 0.25) is 5.91 Å². The number of aromatic nitrogens is 3. The molecule has 0 atom stereocenters. The van der Waals surface area contributed by atoms with Crippen molar-refractivity contribution in [3.63, 3.8) is 0 Å². The zero-order valence-corrected chi connectivity index (χ0v) is 16.6. The van der Waals surface area contributed by atoms with Crippen molar-refractivity contribution in [1.29, 1.82) is 0 Å². The Morgan fingerprint density at radius 3 is 2.60 bits per heavy atom. The SMILES string of the molecule is CCCCCCCCOCCCNC(=O)Cn1c(CCC)n[nH]c1=S. The lowest BCUT2D eigenvalue weighted by atomic mass is 10.1. The number of ether oxygens (including phenoxy) is 1. The van der Waals surface area contributed by atoms with Crippen molar-refractivity contribution >= 4 is 18.1 Å². The Morgan fingerprint density at radius 1 is 1.12 bits per heavy atom. The third-order valence-corrected chi connectivity index (χ3v) is 4.35. The monoisotopic (exact) mass is 370 g/mol. The van der Waals surface area contributed by atoms with Crippen LogP contribution in [0.2, 0.25) is 0 Å². The summed E-state index contributed by atoms with van der Waals surface area (Å²) < 4.78 is 7.88. The molecule has 0 bridgehead atoms. The third-order valence-electron chi connectivity index (χ3n) is 4.04. The lowest BCUT2D eigenvalue weighted by Gasteiger charge is -2.08. The van der Waals surface area contributed by atoms with Crippen molar-refractivity contribution in [3.05, 3.63) is 10.6 Å². The minimum atomic E-state index is -0.0363. The second kappa shape index (κ2) is 14.0. The minimum Gasteiger partial charge on any atom is -0.381 e. The highest BCUT2D eigenvalue weighted by Crippen LogP contribution is 2.05. The molecule has 0 aliphatic carbocycles. The number of rotatable bonds is 15. The molecule has 144 valence electrons. The van der Waals surface area contributed by atoms with E-state index in [4.69, 9.17) is 17.0 Å². The zero-order valence-electron chi connectivity index (χ0n) is 15.8. The summed E-state index contributed by atoms with van der Waals surface area (Å²) in [4.78, 5) is 12.0. The van der Waals surface area contributed by atoms with Crippen LogP contribution in [0.3, 0.4) is 0 Å². The predicted octanol–water partition coefficient (Wildman–Crippen LogP) is 3.78. The zero-order chi connectivity index (χ0) is 18.3. The Kier molecular flexibility index (Phi) is 12.2. The molecular weight excluding hydrogens is 336 g/mol. The number of hydrogen-bond acceptors (Lipinski definition) is 4. The lowest BCUT2D eigenvalue weighted by molar-refractivity contribution is -0.121. The van der Waals surface area contributed by atoms with Gasteiger partial charge in [-0.1, -0.05) is 46.0 Å². The summed E-state index contributed by atoms with van der Waals surface area (Å²) in [5, 5.41) is 9.84. The number of H-pyrrole nitrogens is 1. The topological polar surface area (TPSA) is 71.9 Å². The summed E-state index contributed by atoms with van der Waals surface area (Å²) in [7, 11) is 0. The molecule has 1 heterocycles. The van der Waals surface area contributed by atoms with Gasteiger partial charge in [0.05, 0.1) is 0 Å². The second-order valence-electron chi connectivity index (χ2n) is 6.36. The number of unbranched alkanes of at least 4 members (excludes halogenated alkanes) is 5. The molecule has 0 aliphatic heterocycles. The molecule has 1 rings (SSSR count). The van der Waals surface area contributed by atoms with Crippen LogP contribution in [-0.2, 0) is 22.5 Å². The van der Waals surface area contributed by atoms with E-state index in [0.29, 0.717) is 17.9 Å². The molecule has 0 saturated carbocycles. The Balaban J connectivity index is 2.04. The molecular formula is C18H34N4O2S. The van der Waals surface area contributed by atoms with Crippen LogP contribution in [0.25, 0.3) is 0 Å². The number of carbonyl (C=O) groups excluding carboxylic acids is 1. The largest absolute Gasteiger partial charge is 0.381 e. The maximum atomic E-state index is 12.0. The predicted molar refractivity (Wildman–Crippen MR) is 103 cm³/mol. The first-order valence-corrected chi connectivity index (χ1v) is 10.1. The molecule has 0 radical (unpaired) electrons. The van der Waals surface area contributed by atoms with Crippen molar-refractivity contribution in [1.82, 2.24) is 20.1 Å². The summed E-state index contributed by atoms with van der Waals surface area (Å²) in [6.45, 7) is 6.68. The van der Waals surface area contributed by atoms with E-state index < -0.39 is 0 Å². The van der Waals surface area contributed by atoms with Gasteiger partial charge < -0.3 is 10.1 Å². The minimum absolute atomic E-state index is 0.0363. The van der Waals surface area contributed by atoms with Gasteiger partial charge in [-0.15, -0.1) is 0 Å². The van der Waals surface area contributed by atoms with Gasteiger partial charge >= 0.3 is 0 Å². The van der Waals surface area contributed by atoms with Crippen LogP contribution in [0.15, 0.2) is 0 Å². The van der Waals surface area contributed by atoms with Crippen LogP contribution in [-0.4, -0.2) is 40.4 Å². The van der Waals surface area contributed by atoms with Crippen LogP contribution in [0.4, 0.5) is 0 Å². The van der Waals surface area contributed by atoms with Crippen LogP contribution in [0.5, 0.6) is 0 Å². The van der Waals surface area contributed by atoms with E-state index in [1.165, 1.54) is 32.1 Å². The van der Waals surface area contributed by atoms with Crippen molar-refractivity contribution in [2.45, 2.75) is 78.2 Å². The molecule has 0 saturated heterocycles. The standard InChI is InChI=1S/C18H34N4O2S/c1-3-5-6-7-8-9-13-24-14-10-12-19-17(23)15-22-16(11-4-2)20-21-18(22)25/h3-15H2,1-2H3,(H,19,23)(H,21,25). The average molecular weight is 371 g/mol. The summed E-state index contributed by atoms with van der Waals surface area (Å²) >= 11 is 5.18. The number of aryl methyl sites for hydroxylation is 1. The molecule has 6 nitrogen and oxygen atoms in total. The van der Waals surface area contributed by atoms with Gasteiger partial charge in [-0.05, 0) is 31.5 Å². The Labute approximate surface area is 156 Å². The molecule has 7 heteroatoms. The number of aromatic amines is 1. The van der Waals surface area contributed by atoms with Gasteiger partial charge in [0.1, 0.15) is 12.4 Å². The maximum Gasteiger partial charge on any atom is 0.240 e.